The van der Waals surface area contributed by atoms with E-state index >= 15 is 0 Å². The monoisotopic (exact) mass is 149 g/mol. The van der Waals surface area contributed by atoms with E-state index in [1.807, 2.05) is 19.3 Å². The van der Waals surface area contributed by atoms with Gasteiger partial charge in [0.2, 0.25) is 5.95 Å². The van der Waals surface area contributed by atoms with Gasteiger partial charge in [0.1, 0.15) is 0 Å². The number of nitrogens with one attached hydrogen (secondary N) is 1. The second-order valence-electron chi connectivity index (χ2n) is 3.00. The lowest BCUT2D eigenvalue weighted by Gasteiger charge is -2.00. The zero-order valence-corrected chi connectivity index (χ0v) is 6.54. The molecule has 1 saturated carbocycles. The first-order chi connectivity index (χ1) is 5.34. The summed E-state index contributed by atoms with van der Waals surface area (Å²) in [7, 11) is 0. The van der Waals surface area contributed by atoms with Gasteiger partial charge in [0.25, 0.3) is 0 Å². The number of hydrogen-bond acceptors (Lipinski definition) is 3. The minimum Gasteiger partial charge on any atom is -0.351 e. The molecule has 0 atom stereocenters. The van der Waals surface area contributed by atoms with Crippen LogP contribution >= 0.6 is 0 Å². The van der Waals surface area contributed by atoms with Gasteiger partial charge >= 0.3 is 0 Å². The SMILES string of the molecule is Cc1cnc(NC2CC2)nc1. The molecule has 0 spiro atoms. The van der Waals surface area contributed by atoms with Crippen LogP contribution in [0.2, 0.25) is 0 Å². The summed E-state index contributed by atoms with van der Waals surface area (Å²) in [4.78, 5) is 8.27. The van der Waals surface area contributed by atoms with Crippen molar-refractivity contribution < 1.29 is 0 Å². The fourth-order valence-corrected chi connectivity index (χ4v) is 0.877. The summed E-state index contributed by atoms with van der Waals surface area (Å²) in [6.45, 7) is 1.99. The molecule has 1 aromatic rings. The van der Waals surface area contributed by atoms with Crippen molar-refractivity contribution in [3.63, 3.8) is 0 Å². The smallest absolute Gasteiger partial charge is 0.222 e. The molecule has 0 aromatic carbocycles. The Morgan fingerprint density at radius 2 is 2.00 bits per heavy atom. The molecule has 1 aliphatic carbocycles. The zero-order valence-electron chi connectivity index (χ0n) is 6.54. The number of rotatable bonds is 2. The molecule has 1 aliphatic rings. The highest BCUT2D eigenvalue weighted by molar-refractivity contribution is 5.27. The molecule has 0 aliphatic heterocycles. The van der Waals surface area contributed by atoms with Crippen molar-refractivity contribution >= 4 is 5.95 Å². The first-order valence-electron chi connectivity index (χ1n) is 3.90. The molecule has 1 aromatic heterocycles. The van der Waals surface area contributed by atoms with Crippen molar-refractivity contribution in [3.8, 4) is 0 Å². The summed E-state index contributed by atoms with van der Waals surface area (Å²) in [5.41, 5.74) is 1.10. The Balaban J connectivity index is 2.06. The van der Waals surface area contributed by atoms with E-state index in [9.17, 15) is 0 Å². The largest absolute Gasteiger partial charge is 0.351 e. The predicted octanol–water partition coefficient (Wildman–Crippen LogP) is 1.36. The van der Waals surface area contributed by atoms with Gasteiger partial charge in [0.15, 0.2) is 0 Å². The van der Waals surface area contributed by atoms with Gasteiger partial charge in [0, 0.05) is 18.4 Å². The molecule has 0 amide bonds. The minimum absolute atomic E-state index is 0.637. The van der Waals surface area contributed by atoms with Gasteiger partial charge in [0.05, 0.1) is 0 Å². The van der Waals surface area contributed by atoms with Crippen molar-refractivity contribution in [2.24, 2.45) is 0 Å². The lowest BCUT2D eigenvalue weighted by molar-refractivity contribution is 1.04. The molecule has 3 nitrogen and oxygen atoms in total. The molecule has 11 heavy (non-hydrogen) atoms. The third-order valence-corrected chi connectivity index (χ3v) is 1.69. The number of aromatic nitrogens is 2. The molecular weight excluding hydrogens is 138 g/mol. The summed E-state index contributed by atoms with van der Waals surface area (Å²) < 4.78 is 0. The summed E-state index contributed by atoms with van der Waals surface area (Å²) in [5, 5.41) is 3.22. The van der Waals surface area contributed by atoms with Crippen LogP contribution in [0, 0.1) is 6.92 Å². The molecule has 0 unspecified atom stereocenters. The van der Waals surface area contributed by atoms with Crippen LogP contribution in [0.5, 0.6) is 0 Å². The maximum absolute atomic E-state index is 4.14. The second-order valence-corrected chi connectivity index (χ2v) is 3.00. The third-order valence-electron chi connectivity index (χ3n) is 1.69. The normalized spacial score (nSPS) is 16.5. The Hall–Kier alpha value is -1.12. The molecule has 3 heteroatoms. The first kappa shape index (κ1) is 6.58. The van der Waals surface area contributed by atoms with Gasteiger partial charge < -0.3 is 5.32 Å². The van der Waals surface area contributed by atoms with Crippen LogP contribution in [0.1, 0.15) is 18.4 Å². The Kier molecular flexibility index (Phi) is 1.49. The molecule has 1 N–H and O–H groups in total. The number of hydrogen-bond donors (Lipinski definition) is 1. The second kappa shape index (κ2) is 2.49. The van der Waals surface area contributed by atoms with Gasteiger partial charge in [-0.2, -0.15) is 0 Å². The third kappa shape index (κ3) is 1.67. The molecule has 2 rings (SSSR count). The van der Waals surface area contributed by atoms with Crippen molar-refractivity contribution in [1.82, 2.24) is 9.97 Å². The van der Waals surface area contributed by atoms with Gasteiger partial charge in [-0.3, -0.25) is 0 Å². The Morgan fingerprint density at radius 1 is 1.36 bits per heavy atom. The lowest BCUT2D eigenvalue weighted by atomic mass is 10.4. The van der Waals surface area contributed by atoms with E-state index in [2.05, 4.69) is 15.3 Å². The maximum Gasteiger partial charge on any atom is 0.222 e. The summed E-state index contributed by atoms with van der Waals surface area (Å²) >= 11 is 0. The van der Waals surface area contributed by atoms with Crippen LogP contribution in [0.25, 0.3) is 0 Å². The quantitative estimate of drug-likeness (QED) is 0.690. The predicted molar refractivity (Wildman–Crippen MR) is 43.4 cm³/mol. The highest BCUT2D eigenvalue weighted by Crippen LogP contribution is 2.22. The topological polar surface area (TPSA) is 37.8 Å². The number of aryl methyl sites for hydroxylation is 1. The lowest BCUT2D eigenvalue weighted by Crippen LogP contribution is -2.04. The molecule has 1 fully saturated rings. The van der Waals surface area contributed by atoms with Crippen molar-refractivity contribution in [2.75, 3.05) is 5.32 Å². The van der Waals surface area contributed by atoms with E-state index in [1.165, 1.54) is 12.8 Å². The van der Waals surface area contributed by atoms with Crippen molar-refractivity contribution in [2.45, 2.75) is 25.8 Å². The van der Waals surface area contributed by atoms with Gasteiger partial charge in [-0.1, -0.05) is 0 Å². The fraction of sp³-hybridized carbons (Fsp3) is 0.500. The maximum atomic E-state index is 4.14. The van der Waals surface area contributed by atoms with Crippen molar-refractivity contribution in [1.29, 1.82) is 0 Å². The summed E-state index contributed by atoms with van der Waals surface area (Å²) in [6.07, 6.45) is 6.18. The molecule has 0 bridgehead atoms. The average molecular weight is 149 g/mol. The van der Waals surface area contributed by atoms with Crippen molar-refractivity contribution in [3.05, 3.63) is 18.0 Å². The van der Waals surface area contributed by atoms with Crippen LogP contribution < -0.4 is 5.32 Å². The fourth-order valence-electron chi connectivity index (χ4n) is 0.877. The molecule has 0 saturated heterocycles. The molecular formula is C8H11N3. The summed E-state index contributed by atoms with van der Waals surface area (Å²) in [6, 6.07) is 0.637. The molecule has 58 valence electrons. The van der Waals surface area contributed by atoms with E-state index < -0.39 is 0 Å². The first-order valence-corrected chi connectivity index (χ1v) is 3.90. The number of nitrogens with zero attached hydrogens (tertiary/aromatic N) is 2. The Morgan fingerprint density at radius 3 is 2.55 bits per heavy atom. The van der Waals surface area contributed by atoms with E-state index in [-0.39, 0.29) is 0 Å². The van der Waals surface area contributed by atoms with E-state index in [0.29, 0.717) is 6.04 Å². The highest BCUT2D eigenvalue weighted by Gasteiger charge is 2.21. The molecule has 1 heterocycles. The highest BCUT2D eigenvalue weighted by atomic mass is 15.1. The average Bonchev–Trinajstić information content (AvgIpc) is 2.78. The Bertz CT molecular complexity index is 238. The van der Waals surface area contributed by atoms with Gasteiger partial charge in [-0.25, -0.2) is 9.97 Å². The van der Waals surface area contributed by atoms with Crippen LogP contribution in [-0.4, -0.2) is 16.0 Å². The van der Waals surface area contributed by atoms with E-state index in [4.69, 9.17) is 0 Å². The van der Waals surface area contributed by atoms with Crippen LogP contribution in [0.3, 0.4) is 0 Å². The summed E-state index contributed by atoms with van der Waals surface area (Å²) in [5.74, 6) is 0.762. The zero-order chi connectivity index (χ0) is 7.68. The minimum atomic E-state index is 0.637. The standard InChI is InChI=1S/C8H11N3/c1-6-4-9-8(10-5-6)11-7-2-3-7/h4-5,7H,2-3H2,1H3,(H,9,10,11). The van der Waals surface area contributed by atoms with Crippen LogP contribution in [-0.2, 0) is 0 Å². The number of anilines is 1. The van der Waals surface area contributed by atoms with E-state index in [1.54, 1.807) is 0 Å². The molecule has 0 radical (unpaired) electrons. The Labute approximate surface area is 65.9 Å². The van der Waals surface area contributed by atoms with Gasteiger partial charge in [-0.05, 0) is 25.3 Å². The van der Waals surface area contributed by atoms with E-state index in [0.717, 1.165) is 11.5 Å². The van der Waals surface area contributed by atoms with Gasteiger partial charge in [-0.15, -0.1) is 0 Å². The van der Waals surface area contributed by atoms with Crippen LogP contribution in [0.4, 0.5) is 5.95 Å². The van der Waals surface area contributed by atoms with Crippen LogP contribution in [0.15, 0.2) is 12.4 Å².